The summed E-state index contributed by atoms with van der Waals surface area (Å²) in [5.74, 6) is 2.22. The van der Waals surface area contributed by atoms with Gasteiger partial charge in [-0.05, 0) is 59.3 Å². The van der Waals surface area contributed by atoms with Gasteiger partial charge >= 0.3 is 0 Å². The number of ether oxygens (including phenoxy) is 3. The van der Waals surface area contributed by atoms with Gasteiger partial charge < -0.3 is 19.5 Å². The van der Waals surface area contributed by atoms with Crippen LogP contribution in [0.3, 0.4) is 0 Å². The van der Waals surface area contributed by atoms with E-state index in [2.05, 4.69) is 20.8 Å². The number of benzene rings is 2. The Morgan fingerprint density at radius 1 is 1.24 bits per heavy atom. The molecule has 29 heavy (non-hydrogen) atoms. The number of tetrazole rings is 1. The molecule has 0 radical (unpaired) electrons. The molecule has 0 bridgehead atoms. The highest BCUT2D eigenvalue weighted by atomic mass is 32.2. The summed E-state index contributed by atoms with van der Waals surface area (Å²) in [7, 11) is 1.61. The van der Waals surface area contributed by atoms with Gasteiger partial charge in [-0.1, -0.05) is 17.8 Å². The monoisotopic (exact) mass is 413 g/mol. The molecule has 9 nitrogen and oxygen atoms in total. The van der Waals surface area contributed by atoms with Crippen LogP contribution in [0.5, 0.6) is 17.2 Å². The van der Waals surface area contributed by atoms with Gasteiger partial charge in [0, 0.05) is 0 Å². The highest BCUT2D eigenvalue weighted by Gasteiger charge is 2.18. The third-order valence-corrected chi connectivity index (χ3v) is 5.28. The molecule has 0 fully saturated rings. The minimum absolute atomic E-state index is 0.121. The van der Waals surface area contributed by atoms with Crippen molar-refractivity contribution >= 4 is 17.7 Å². The Balaban J connectivity index is 1.36. The highest BCUT2D eigenvalue weighted by Crippen LogP contribution is 2.34. The molecule has 0 aliphatic carbocycles. The number of hydrogen-bond donors (Lipinski definition) is 1. The SMILES string of the molecule is COc1ccc(-n2nnnc2SCC(=O)N[C@@H](C)c2ccc3c(c2)OCO3)cc1. The van der Waals surface area contributed by atoms with Crippen molar-refractivity contribution in [2.24, 2.45) is 0 Å². The van der Waals surface area contributed by atoms with Gasteiger partial charge in [-0.2, -0.15) is 4.68 Å². The largest absolute Gasteiger partial charge is 0.497 e. The molecule has 1 aliphatic rings. The molecule has 4 rings (SSSR count). The van der Waals surface area contributed by atoms with Crippen LogP contribution in [-0.2, 0) is 4.79 Å². The van der Waals surface area contributed by atoms with E-state index in [1.165, 1.54) is 11.8 Å². The Hall–Kier alpha value is -3.27. The van der Waals surface area contributed by atoms with Crippen molar-refractivity contribution in [3.63, 3.8) is 0 Å². The number of amides is 1. The molecule has 1 aromatic heterocycles. The predicted molar refractivity (Wildman–Crippen MR) is 106 cm³/mol. The maximum absolute atomic E-state index is 12.4. The Kier molecular flexibility index (Phi) is 5.52. The number of fused-ring (bicyclic) bond motifs is 1. The molecule has 10 heteroatoms. The van der Waals surface area contributed by atoms with E-state index in [0.717, 1.165) is 17.0 Å². The summed E-state index contributed by atoms with van der Waals surface area (Å²) in [6, 6.07) is 12.8. The first-order valence-electron chi connectivity index (χ1n) is 8.88. The van der Waals surface area contributed by atoms with E-state index in [-0.39, 0.29) is 24.5 Å². The third kappa shape index (κ3) is 4.27. The molecule has 2 heterocycles. The summed E-state index contributed by atoms with van der Waals surface area (Å²) >= 11 is 1.26. The van der Waals surface area contributed by atoms with E-state index < -0.39 is 0 Å². The van der Waals surface area contributed by atoms with Gasteiger partial charge in [0.25, 0.3) is 0 Å². The molecule has 1 N–H and O–H groups in total. The van der Waals surface area contributed by atoms with Crippen LogP contribution >= 0.6 is 11.8 Å². The summed E-state index contributed by atoms with van der Waals surface area (Å²) in [6.45, 7) is 2.14. The Morgan fingerprint density at radius 3 is 2.83 bits per heavy atom. The lowest BCUT2D eigenvalue weighted by Crippen LogP contribution is -2.28. The van der Waals surface area contributed by atoms with E-state index in [9.17, 15) is 4.79 Å². The van der Waals surface area contributed by atoms with E-state index in [1.807, 2.05) is 49.4 Å². The molecule has 150 valence electrons. The van der Waals surface area contributed by atoms with Gasteiger partial charge in [0.15, 0.2) is 11.5 Å². The maximum Gasteiger partial charge on any atom is 0.231 e. The van der Waals surface area contributed by atoms with Crippen LogP contribution in [0.15, 0.2) is 47.6 Å². The van der Waals surface area contributed by atoms with Crippen LogP contribution in [0.4, 0.5) is 0 Å². The second kappa shape index (κ2) is 8.39. The molecule has 3 aromatic rings. The molecule has 2 aromatic carbocycles. The Morgan fingerprint density at radius 2 is 2.03 bits per heavy atom. The van der Waals surface area contributed by atoms with Crippen molar-refractivity contribution in [2.75, 3.05) is 19.7 Å². The Labute approximate surface area is 171 Å². The zero-order chi connectivity index (χ0) is 20.2. The van der Waals surface area contributed by atoms with Crippen LogP contribution in [0.25, 0.3) is 5.69 Å². The second-order valence-electron chi connectivity index (χ2n) is 6.26. The number of nitrogens with one attached hydrogen (secondary N) is 1. The normalized spacial score (nSPS) is 13.2. The molecule has 1 aliphatic heterocycles. The third-order valence-electron chi connectivity index (χ3n) is 4.36. The number of nitrogens with zero attached hydrogens (tertiary/aromatic N) is 4. The van der Waals surface area contributed by atoms with Crippen LogP contribution in [0, 0.1) is 0 Å². The van der Waals surface area contributed by atoms with Crippen molar-refractivity contribution in [1.82, 2.24) is 25.5 Å². The molecular weight excluding hydrogens is 394 g/mol. The summed E-state index contributed by atoms with van der Waals surface area (Å²) in [4.78, 5) is 12.4. The van der Waals surface area contributed by atoms with Gasteiger partial charge in [-0.25, -0.2) is 0 Å². The molecule has 0 saturated carbocycles. The van der Waals surface area contributed by atoms with Gasteiger partial charge in [0.1, 0.15) is 5.75 Å². The quantitative estimate of drug-likeness (QED) is 0.589. The van der Waals surface area contributed by atoms with Crippen LogP contribution in [0.2, 0.25) is 0 Å². The zero-order valence-electron chi connectivity index (χ0n) is 15.9. The van der Waals surface area contributed by atoms with Crippen LogP contribution in [0.1, 0.15) is 18.5 Å². The fraction of sp³-hybridized carbons (Fsp3) is 0.263. The van der Waals surface area contributed by atoms with E-state index >= 15 is 0 Å². The van der Waals surface area contributed by atoms with Gasteiger partial charge in [0.2, 0.25) is 17.9 Å². The first kappa shape index (κ1) is 19.1. The molecule has 0 saturated heterocycles. The molecule has 1 amide bonds. The van der Waals surface area contributed by atoms with Gasteiger partial charge in [-0.3, -0.25) is 4.79 Å². The van der Waals surface area contributed by atoms with Crippen molar-refractivity contribution in [3.8, 4) is 22.9 Å². The van der Waals surface area contributed by atoms with Crippen molar-refractivity contribution in [3.05, 3.63) is 48.0 Å². The van der Waals surface area contributed by atoms with E-state index in [1.54, 1.807) is 11.8 Å². The van der Waals surface area contributed by atoms with Crippen molar-refractivity contribution in [2.45, 2.75) is 18.1 Å². The lowest BCUT2D eigenvalue weighted by atomic mass is 10.1. The fourth-order valence-corrected chi connectivity index (χ4v) is 3.54. The van der Waals surface area contributed by atoms with E-state index in [0.29, 0.717) is 16.7 Å². The van der Waals surface area contributed by atoms with Crippen LogP contribution < -0.4 is 19.5 Å². The number of thioether (sulfide) groups is 1. The highest BCUT2D eigenvalue weighted by molar-refractivity contribution is 7.99. The minimum Gasteiger partial charge on any atom is -0.497 e. The summed E-state index contributed by atoms with van der Waals surface area (Å²) < 4.78 is 17.4. The molecular formula is C19H19N5O4S. The standard InChI is InChI=1S/C19H19N5O4S/c1-12(13-3-8-16-17(9-13)28-11-27-16)20-18(25)10-29-19-21-22-23-24(19)14-4-6-15(26-2)7-5-14/h3-9,12H,10-11H2,1-2H3,(H,20,25)/t12-/m0/s1. The summed E-state index contributed by atoms with van der Waals surface area (Å²) in [6.07, 6.45) is 0. The topological polar surface area (TPSA) is 100 Å². The average molecular weight is 413 g/mol. The zero-order valence-corrected chi connectivity index (χ0v) is 16.7. The number of rotatable bonds is 7. The fourth-order valence-electron chi connectivity index (χ4n) is 2.83. The van der Waals surface area contributed by atoms with Crippen molar-refractivity contribution in [1.29, 1.82) is 0 Å². The molecule has 0 spiro atoms. The number of methoxy groups -OCH3 is 1. The van der Waals surface area contributed by atoms with Gasteiger partial charge in [-0.15, -0.1) is 5.10 Å². The smallest absolute Gasteiger partial charge is 0.231 e. The molecule has 1 atom stereocenters. The lowest BCUT2D eigenvalue weighted by Gasteiger charge is -2.14. The number of carbonyl (C=O) groups is 1. The average Bonchev–Trinajstić information content (AvgIpc) is 3.41. The first-order chi connectivity index (χ1) is 14.1. The number of aromatic nitrogens is 4. The summed E-state index contributed by atoms with van der Waals surface area (Å²) in [5, 5.41) is 15.2. The number of carbonyl (C=O) groups excluding carboxylic acids is 1. The van der Waals surface area contributed by atoms with E-state index in [4.69, 9.17) is 14.2 Å². The predicted octanol–water partition coefficient (Wildman–Crippen LogP) is 2.37. The summed E-state index contributed by atoms with van der Waals surface area (Å²) in [5.41, 5.74) is 1.73. The minimum atomic E-state index is -0.171. The number of hydrogen-bond acceptors (Lipinski definition) is 8. The Bertz CT molecular complexity index is 1010. The van der Waals surface area contributed by atoms with Crippen LogP contribution in [-0.4, -0.2) is 45.8 Å². The lowest BCUT2D eigenvalue weighted by molar-refractivity contribution is -0.119. The maximum atomic E-state index is 12.4. The molecule has 0 unspecified atom stereocenters. The van der Waals surface area contributed by atoms with Crippen molar-refractivity contribution < 1.29 is 19.0 Å². The second-order valence-corrected chi connectivity index (χ2v) is 7.20. The first-order valence-corrected chi connectivity index (χ1v) is 9.87. The van der Waals surface area contributed by atoms with Gasteiger partial charge in [0.05, 0.1) is 24.6 Å².